The molecule has 1 aromatic rings. The van der Waals surface area contributed by atoms with E-state index >= 15 is 0 Å². The summed E-state index contributed by atoms with van der Waals surface area (Å²) in [5, 5.41) is 0. The number of nitrogens with two attached hydrogens (primary N) is 1. The van der Waals surface area contributed by atoms with Gasteiger partial charge in [-0.15, -0.1) is 0 Å². The van der Waals surface area contributed by atoms with Gasteiger partial charge in [0.2, 0.25) is 0 Å². The van der Waals surface area contributed by atoms with E-state index in [1.807, 2.05) is 0 Å². The number of aryl methyl sites for hydroxylation is 1. The van der Waals surface area contributed by atoms with Crippen LogP contribution >= 0.6 is 22.6 Å². The van der Waals surface area contributed by atoms with Crippen LogP contribution in [0.1, 0.15) is 24.0 Å². The van der Waals surface area contributed by atoms with Crippen LogP contribution in [-0.2, 0) is 5.54 Å². The first kappa shape index (κ1) is 8.51. The molecule has 2 heteroatoms. The third kappa shape index (κ3) is 1.38. The second kappa shape index (κ2) is 2.70. The minimum Gasteiger partial charge on any atom is -0.321 e. The number of hydrogen-bond donors (Lipinski definition) is 1. The summed E-state index contributed by atoms with van der Waals surface area (Å²) in [4.78, 5) is 0. The zero-order valence-electron chi connectivity index (χ0n) is 7.10. The Labute approximate surface area is 86.5 Å². The number of benzene rings is 1. The summed E-state index contributed by atoms with van der Waals surface area (Å²) in [6, 6.07) is 6.50. The summed E-state index contributed by atoms with van der Waals surface area (Å²) in [5.74, 6) is 0. The molecule has 12 heavy (non-hydrogen) atoms. The molecule has 0 aromatic heterocycles. The van der Waals surface area contributed by atoms with Crippen LogP contribution in [0, 0.1) is 10.5 Å². The summed E-state index contributed by atoms with van der Waals surface area (Å²) in [7, 11) is 0. The Morgan fingerprint density at radius 1 is 1.42 bits per heavy atom. The first-order chi connectivity index (χ1) is 5.62. The molecule has 0 heterocycles. The Morgan fingerprint density at radius 2 is 2.08 bits per heavy atom. The second-order valence-corrected chi connectivity index (χ2v) is 4.86. The first-order valence-electron chi connectivity index (χ1n) is 4.17. The monoisotopic (exact) mass is 273 g/mol. The smallest absolute Gasteiger partial charge is 0.0413 e. The van der Waals surface area contributed by atoms with E-state index in [-0.39, 0.29) is 5.54 Å². The molecule has 1 nitrogen and oxygen atoms in total. The molecule has 2 N–H and O–H groups in total. The van der Waals surface area contributed by atoms with Crippen molar-refractivity contribution in [2.75, 3.05) is 0 Å². The lowest BCUT2D eigenvalue weighted by molar-refractivity contribution is 0.733. The van der Waals surface area contributed by atoms with Gasteiger partial charge >= 0.3 is 0 Å². The SMILES string of the molecule is Cc1cc(I)ccc1C1(N)CC1. The molecule has 2 rings (SSSR count). The van der Waals surface area contributed by atoms with Crippen LogP contribution in [0.3, 0.4) is 0 Å². The third-order valence-electron chi connectivity index (χ3n) is 2.51. The van der Waals surface area contributed by atoms with Crippen LogP contribution in [-0.4, -0.2) is 0 Å². The van der Waals surface area contributed by atoms with Crippen molar-refractivity contribution in [3.05, 3.63) is 32.9 Å². The van der Waals surface area contributed by atoms with E-state index in [4.69, 9.17) is 5.73 Å². The largest absolute Gasteiger partial charge is 0.321 e. The minimum atomic E-state index is 0.0222. The molecule has 0 saturated heterocycles. The summed E-state index contributed by atoms with van der Waals surface area (Å²) in [5.41, 5.74) is 8.81. The van der Waals surface area contributed by atoms with Gasteiger partial charge in [-0.05, 0) is 65.6 Å². The zero-order valence-corrected chi connectivity index (χ0v) is 9.26. The van der Waals surface area contributed by atoms with E-state index in [0.717, 1.165) is 12.8 Å². The van der Waals surface area contributed by atoms with Gasteiger partial charge in [0.1, 0.15) is 0 Å². The maximum Gasteiger partial charge on any atom is 0.0413 e. The fraction of sp³-hybridized carbons (Fsp3) is 0.400. The van der Waals surface area contributed by atoms with Gasteiger partial charge < -0.3 is 5.73 Å². The van der Waals surface area contributed by atoms with Crippen molar-refractivity contribution in [2.45, 2.75) is 25.3 Å². The molecule has 0 spiro atoms. The maximum absolute atomic E-state index is 6.12. The van der Waals surface area contributed by atoms with Crippen molar-refractivity contribution in [3.8, 4) is 0 Å². The molecule has 0 amide bonds. The Morgan fingerprint density at radius 3 is 2.58 bits per heavy atom. The van der Waals surface area contributed by atoms with E-state index in [1.54, 1.807) is 0 Å². The molecule has 1 aromatic carbocycles. The number of rotatable bonds is 1. The van der Waals surface area contributed by atoms with E-state index < -0.39 is 0 Å². The summed E-state index contributed by atoms with van der Waals surface area (Å²) >= 11 is 2.33. The fourth-order valence-corrected chi connectivity index (χ4v) is 2.24. The molecule has 0 atom stereocenters. The Hall–Kier alpha value is -0.0900. The molecular formula is C10H12IN. The highest BCUT2D eigenvalue weighted by Crippen LogP contribution is 2.43. The molecule has 0 radical (unpaired) electrons. The summed E-state index contributed by atoms with van der Waals surface area (Å²) < 4.78 is 1.29. The maximum atomic E-state index is 6.12. The Kier molecular flexibility index (Phi) is 1.92. The van der Waals surface area contributed by atoms with Crippen LogP contribution in [0.5, 0.6) is 0 Å². The molecule has 0 unspecified atom stereocenters. The molecule has 0 aliphatic heterocycles. The molecule has 1 aliphatic carbocycles. The summed E-state index contributed by atoms with van der Waals surface area (Å²) in [6.07, 6.45) is 2.29. The first-order valence-corrected chi connectivity index (χ1v) is 5.25. The van der Waals surface area contributed by atoms with Gasteiger partial charge in [0.05, 0.1) is 0 Å². The predicted molar refractivity (Wildman–Crippen MR) is 59.0 cm³/mol. The topological polar surface area (TPSA) is 26.0 Å². The molecular weight excluding hydrogens is 261 g/mol. The van der Waals surface area contributed by atoms with Gasteiger partial charge in [-0.1, -0.05) is 6.07 Å². The lowest BCUT2D eigenvalue weighted by Gasteiger charge is -2.12. The van der Waals surface area contributed by atoms with Crippen LogP contribution in [0.25, 0.3) is 0 Å². The van der Waals surface area contributed by atoms with Crippen molar-refractivity contribution in [3.63, 3.8) is 0 Å². The quantitative estimate of drug-likeness (QED) is 0.782. The lowest BCUT2D eigenvalue weighted by Crippen LogP contribution is -2.19. The Balaban J connectivity index is 2.45. The van der Waals surface area contributed by atoms with Crippen molar-refractivity contribution >= 4 is 22.6 Å². The number of hydrogen-bond acceptors (Lipinski definition) is 1. The predicted octanol–water partition coefficient (Wildman–Crippen LogP) is 2.55. The van der Waals surface area contributed by atoms with E-state index in [0.29, 0.717) is 0 Å². The van der Waals surface area contributed by atoms with Gasteiger partial charge in [-0.3, -0.25) is 0 Å². The van der Waals surface area contributed by atoms with Gasteiger partial charge in [-0.25, -0.2) is 0 Å². The van der Waals surface area contributed by atoms with Crippen LogP contribution in [0.2, 0.25) is 0 Å². The molecule has 1 aliphatic rings. The third-order valence-corrected chi connectivity index (χ3v) is 3.18. The van der Waals surface area contributed by atoms with Gasteiger partial charge in [0, 0.05) is 9.11 Å². The summed E-state index contributed by atoms with van der Waals surface area (Å²) in [6.45, 7) is 2.14. The highest BCUT2D eigenvalue weighted by atomic mass is 127. The van der Waals surface area contributed by atoms with Crippen molar-refractivity contribution < 1.29 is 0 Å². The lowest BCUT2D eigenvalue weighted by atomic mass is 10.0. The van der Waals surface area contributed by atoms with Crippen LogP contribution in [0.15, 0.2) is 18.2 Å². The van der Waals surface area contributed by atoms with Gasteiger partial charge in [-0.2, -0.15) is 0 Å². The second-order valence-electron chi connectivity index (χ2n) is 3.62. The van der Waals surface area contributed by atoms with Crippen molar-refractivity contribution in [1.29, 1.82) is 0 Å². The highest BCUT2D eigenvalue weighted by molar-refractivity contribution is 14.1. The Bertz CT molecular complexity index is 316. The standard InChI is InChI=1S/C10H12IN/c1-7-6-8(11)2-3-9(7)10(12)4-5-10/h2-3,6H,4-5,12H2,1H3. The molecule has 64 valence electrons. The van der Waals surface area contributed by atoms with Crippen LogP contribution < -0.4 is 5.73 Å². The van der Waals surface area contributed by atoms with Crippen molar-refractivity contribution in [1.82, 2.24) is 0 Å². The zero-order chi connectivity index (χ0) is 8.77. The van der Waals surface area contributed by atoms with Gasteiger partial charge in [0.25, 0.3) is 0 Å². The van der Waals surface area contributed by atoms with E-state index in [1.165, 1.54) is 14.7 Å². The van der Waals surface area contributed by atoms with E-state index in [2.05, 4.69) is 47.7 Å². The van der Waals surface area contributed by atoms with Gasteiger partial charge in [0.15, 0.2) is 0 Å². The molecule has 0 bridgehead atoms. The molecule has 1 saturated carbocycles. The average molecular weight is 273 g/mol. The van der Waals surface area contributed by atoms with Crippen LogP contribution in [0.4, 0.5) is 0 Å². The van der Waals surface area contributed by atoms with E-state index in [9.17, 15) is 0 Å². The highest BCUT2D eigenvalue weighted by Gasteiger charge is 2.40. The normalized spacial score (nSPS) is 19.2. The molecule has 1 fully saturated rings. The average Bonchev–Trinajstić information content (AvgIpc) is 2.68. The fourth-order valence-electron chi connectivity index (χ4n) is 1.59. The minimum absolute atomic E-state index is 0.0222. The number of halogens is 1. The van der Waals surface area contributed by atoms with Crippen molar-refractivity contribution in [2.24, 2.45) is 5.73 Å².